The number of rotatable bonds is 10. The smallest absolute Gasteiger partial charge is 0.407 e. The highest BCUT2D eigenvalue weighted by molar-refractivity contribution is 5.84. The van der Waals surface area contributed by atoms with E-state index in [1.807, 2.05) is 31.2 Å². The quantitative estimate of drug-likeness (QED) is 0.408. The van der Waals surface area contributed by atoms with Crippen LogP contribution in [0.15, 0.2) is 54.7 Å². The Morgan fingerprint density at radius 3 is 2.31 bits per heavy atom. The van der Waals surface area contributed by atoms with E-state index in [2.05, 4.69) is 45.2 Å². The van der Waals surface area contributed by atoms with Gasteiger partial charge >= 0.3 is 12.1 Å². The third-order valence-electron chi connectivity index (χ3n) is 6.10. The molecule has 0 aliphatic heterocycles. The number of hydrogen-bond acceptors (Lipinski definition) is 6. The Kier molecular flexibility index (Phi) is 7.39. The zero-order valence-corrected chi connectivity index (χ0v) is 19.3. The van der Waals surface area contributed by atoms with Gasteiger partial charge < -0.3 is 20.5 Å². The first-order valence-corrected chi connectivity index (χ1v) is 11.5. The second kappa shape index (κ2) is 10.8. The third-order valence-corrected chi connectivity index (χ3v) is 6.10. The zero-order chi connectivity index (χ0) is 24.8. The van der Waals surface area contributed by atoms with Crippen molar-refractivity contribution in [2.24, 2.45) is 5.92 Å². The molecule has 4 rings (SSSR count). The molecule has 10 nitrogen and oxygen atoms in total. The van der Waals surface area contributed by atoms with Crippen molar-refractivity contribution < 1.29 is 24.2 Å². The van der Waals surface area contributed by atoms with Crippen LogP contribution in [0.4, 0.5) is 4.79 Å². The number of aromatic nitrogens is 3. The fraction of sp³-hybridized carbons (Fsp3) is 0.320. The molecule has 1 aliphatic carbocycles. The van der Waals surface area contributed by atoms with E-state index >= 15 is 0 Å². The Balaban J connectivity index is 1.24. The van der Waals surface area contributed by atoms with Crippen LogP contribution in [0.2, 0.25) is 0 Å². The summed E-state index contributed by atoms with van der Waals surface area (Å²) in [5.74, 6) is -1.84. The van der Waals surface area contributed by atoms with Crippen molar-refractivity contribution in [3.63, 3.8) is 0 Å². The fourth-order valence-corrected chi connectivity index (χ4v) is 4.22. The van der Waals surface area contributed by atoms with Crippen molar-refractivity contribution in [2.75, 3.05) is 19.7 Å². The molecule has 0 fully saturated rings. The standard InChI is InChI=1S/C25H27N5O5/c1-2-16(23(31)26-11-12-30-14-22(24(32)33)28-29-30)13-27-25(34)35-15-21-19-9-5-3-7-17(19)18-8-4-6-10-20(18)21/h3-10,14,16,21H,2,11-13,15H2,1H3,(H,26,31)(H,27,34)(H,32,33). The van der Waals surface area contributed by atoms with Crippen LogP contribution in [0.5, 0.6) is 0 Å². The van der Waals surface area contributed by atoms with Crippen LogP contribution >= 0.6 is 0 Å². The van der Waals surface area contributed by atoms with Gasteiger partial charge in [0, 0.05) is 19.0 Å². The molecule has 0 saturated heterocycles. The summed E-state index contributed by atoms with van der Waals surface area (Å²) in [4.78, 5) is 35.7. The highest BCUT2D eigenvalue weighted by Crippen LogP contribution is 2.44. The van der Waals surface area contributed by atoms with E-state index in [1.165, 1.54) is 10.9 Å². The highest BCUT2D eigenvalue weighted by atomic mass is 16.5. The molecule has 1 atom stereocenters. The normalized spacial score (nSPS) is 12.9. The van der Waals surface area contributed by atoms with E-state index in [0.717, 1.165) is 22.3 Å². The van der Waals surface area contributed by atoms with Crippen molar-refractivity contribution in [2.45, 2.75) is 25.8 Å². The Hall–Kier alpha value is -4.21. The van der Waals surface area contributed by atoms with E-state index in [0.29, 0.717) is 6.42 Å². The summed E-state index contributed by atoms with van der Waals surface area (Å²) in [5.41, 5.74) is 4.43. The third kappa shape index (κ3) is 5.48. The highest BCUT2D eigenvalue weighted by Gasteiger charge is 2.29. The molecule has 1 aliphatic rings. The van der Waals surface area contributed by atoms with Crippen molar-refractivity contribution in [1.82, 2.24) is 25.6 Å². The number of carboxylic acids is 1. The molecule has 3 N–H and O–H groups in total. The number of carboxylic acid groups (broad SMARTS) is 1. The predicted molar refractivity (Wildman–Crippen MR) is 127 cm³/mol. The monoisotopic (exact) mass is 477 g/mol. The van der Waals surface area contributed by atoms with Gasteiger partial charge in [-0.1, -0.05) is 60.7 Å². The Morgan fingerprint density at radius 1 is 1.06 bits per heavy atom. The number of carbonyl (C=O) groups excluding carboxylic acids is 2. The molecule has 35 heavy (non-hydrogen) atoms. The molecule has 10 heteroatoms. The van der Waals surface area contributed by atoms with Gasteiger partial charge in [0.25, 0.3) is 0 Å². The van der Waals surface area contributed by atoms with Gasteiger partial charge in [0.1, 0.15) is 6.61 Å². The minimum Gasteiger partial charge on any atom is -0.476 e. The van der Waals surface area contributed by atoms with Crippen molar-refractivity contribution in [3.8, 4) is 11.1 Å². The summed E-state index contributed by atoms with van der Waals surface area (Å²) in [6.45, 7) is 2.75. The molecular formula is C25H27N5O5. The van der Waals surface area contributed by atoms with E-state index in [9.17, 15) is 14.4 Å². The minimum atomic E-state index is -1.16. The van der Waals surface area contributed by atoms with Gasteiger partial charge in [-0.15, -0.1) is 5.10 Å². The first-order chi connectivity index (χ1) is 17.0. The lowest BCUT2D eigenvalue weighted by Gasteiger charge is -2.17. The van der Waals surface area contributed by atoms with Gasteiger partial charge in [-0.3, -0.25) is 4.79 Å². The number of hydrogen-bond donors (Lipinski definition) is 3. The second-order valence-corrected chi connectivity index (χ2v) is 8.27. The van der Waals surface area contributed by atoms with Crippen LogP contribution < -0.4 is 10.6 Å². The first-order valence-electron chi connectivity index (χ1n) is 11.5. The van der Waals surface area contributed by atoms with Gasteiger partial charge in [0.15, 0.2) is 5.69 Å². The number of benzene rings is 2. The molecule has 182 valence electrons. The van der Waals surface area contributed by atoms with E-state index < -0.39 is 18.0 Å². The van der Waals surface area contributed by atoms with Crippen molar-refractivity contribution in [1.29, 1.82) is 0 Å². The fourth-order valence-electron chi connectivity index (χ4n) is 4.22. The molecule has 1 heterocycles. The van der Waals surface area contributed by atoms with Gasteiger partial charge in [-0.05, 0) is 28.7 Å². The average molecular weight is 478 g/mol. The zero-order valence-electron chi connectivity index (χ0n) is 19.3. The molecule has 0 spiro atoms. The van der Waals surface area contributed by atoms with Gasteiger partial charge in [0.05, 0.1) is 18.7 Å². The minimum absolute atomic E-state index is 0.0307. The van der Waals surface area contributed by atoms with Crippen LogP contribution in [0.1, 0.15) is 40.9 Å². The van der Waals surface area contributed by atoms with Crippen LogP contribution in [0.3, 0.4) is 0 Å². The summed E-state index contributed by atoms with van der Waals surface area (Å²) >= 11 is 0. The maximum atomic E-state index is 12.5. The molecule has 0 radical (unpaired) electrons. The van der Waals surface area contributed by atoms with Gasteiger partial charge in [0.2, 0.25) is 5.91 Å². The number of amides is 2. The van der Waals surface area contributed by atoms with Crippen molar-refractivity contribution >= 4 is 18.0 Å². The molecule has 3 aromatic rings. The first kappa shape index (κ1) is 23.9. The second-order valence-electron chi connectivity index (χ2n) is 8.27. The molecule has 0 saturated carbocycles. The molecular weight excluding hydrogens is 450 g/mol. The maximum Gasteiger partial charge on any atom is 0.407 e. The van der Waals surface area contributed by atoms with E-state index in [-0.39, 0.29) is 43.8 Å². The number of fused-ring (bicyclic) bond motifs is 3. The van der Waals surface area contributed by atoms with E-state index in [1.54, 1.807) is 0 Å². The summed E-state index contributed by atoms with van der Waals surface area (Å²) in [7, 11) is 0. The number of aromatic carboxylic acids is 1. The van der Waals surface area contributed by atoms with E-state index in [4.69, 9.17) is 9.84 Å². The molecule has 1 unspecified atom stereocenters. The number of ether oxygens (including phenoxy) is 1. The average Bonchev–Trinajstić information content (AvgIpc) is 3.46. The number of alkyl carbamates (subject to hydrolysis) is 1. The lowest BCUT2D eigenvalue weighted by molar-refractivity contribution is -0.124. The van der Waals surface area contributed by atoms with Gasteiger partial charge in [-0.25, -0.2) is 14.3 Å². The lowest BCUT2D eigenvalue weighted by atomic mass is 9.98. The van der Waals surface area contributed by atoms with Crippen molar-refractivity contribution in [3.05, 3.63) is 71.5 Å². The van der Waals surface area contributed by atoms with Crippen LogP contribution in [-0.2, 0) is 16.1 Å². The van der Waals surface area contributed by atoms with Crippen LogP contribution in [0.25, 0.3) is 11.1 Å². The summed E-state index contributed by atoms with van der Waals surface area (Å²) in [6, 6.07) is 16.2. The maximum absolute atomic E-state index is 12.5. The Labute approximate surface area is 202 Å². The predicted octanol–water partition coefficient (Wildman–Crippen LogP) is 2.66. The number of carbonyl (C=O) groups is 3. The Bertz CT molecular complexity index is 1180. The number of nitrogens with one attached hydrogen (secondary N) is 2. The molecule has 0 bridgehead atoms. The Morgan fingerprint density at radius 2 is 1.71 bits per heavy atom. The number of nitrogens with zero attached hydrogens (tertiary/aromatic N) is 3. The summed E-state index contributed by atoms with van der Waals surface area (Å²) < 4.78 is 6.87. The molecule has 1 aromatic heterocycles. The summed E-state index contributed by atoms with van der Waals surface area (Å²) in [5, 5.41) is 21.6. The lowest BCUT2D eigenvalue weighted by Crippen LogP contribution is -2.40. The summed E-state index contributed by atoms with van der Waals surface area (Å²) in [6.07, 6.45) is 1.26. The van der Waals surface area contributed by atoms with Gasteiger partial charge in [-0.2, -0.15) is 0 Å². The van der Waals surface area contributed by atoms with Crippen LogP contribution in [-0.4, -0.2) is 57.8 Å². The van der Waals surface area contributed by atoms with Crippen LogP contribution in [0, 0.1) is 5.92 Å². The molecule has 2 amide bonds. The largest absolute Gasteiger partial charge is 0.476 e. The SMILES string of the molecule is CCC(CNC(=O)OCC1c2ccccc2-c2ccccc21)C(=O)NCCn1cc(C(=O)O)nn1. The molecule has 2 aromatic carbocycles. The topological polar surface area (TPSA) is 135 Å².